The molecule has 1 fully saturated rings. The minimum absolute atomic E-state index is 0.124. The van der Waals surface area contributed by atoms with Gasteiger partial charge in [0, 0.05) is 13.1 Å². The number of carbonyl (C=O) groups excluding carboxylic acids is 1. The molecule has 0 aromatic heterocycles. The summed E-state index contributed by atoms with van der Waals surface area (Å²) in [6.07, 6.45) is -0.335. The first kappa shape index (κ1) is 14.9. The maximum Gasteiger partial charge on any atom is 0.251 e. The van der Waals surface area contributed by atoms with Crippen molar-refractivity contribution in [2.45, 2.75) is 24.3 Å². The summed E-state index contributed by atoms with van der Waals surface area (Å²) >= 11 is 0. The van der Waals surface area contributed by atoms with Crippen LogP contribution in [0.3, 0.4) is 0 Å². The number of nitrogens with two attached hydrogens (primary N) is 1. The van der Waals surface area contributed by atoms with E-state index in [4.69, 9.17) is 5.73 Å². The van der Waals surface area contributed by atoms with Gasteiger partial charge in [0.1, 0.15) is 4.90 Å². The van der Waals surface area contributed by atoms with Gasteiger partial charge >= 0.3 is 0 Å². The highest BCUT2D eigenvalue weighted by Crippen LogP contribution is 2.28. The zero-order valence-corrected chi connectivity index (χ0v) is 11.7. The Balaban J connectivity index is 2.65. The van der Waals surface area contributed by atoms with Crippen LogP contribution >= 0.6 is 0 Å². The molecule has 3 N–H and O–H groups in total. The average molecular weight is 302 g/mol. The smallest absolute Gasteiger partial charge is 0.251 e. The lowest BCUT2D eigenvalue weighted by atomic mass is 10.1. The molecule has 0 saturated carbocycles. The molecule has 1 saturated heterocycles. The summed E-state index contributed by atoms with van der Waals surface area (Å²) in [5, 5.41) is 9.54. The van der Waals surface area contributed by atoms with Crippen LogP contribution < -0.4 is 5.73 Å². The van der Waals surface area contributed by atoms with Crippen molar-refractivity contribution in [3.8, 4) is 0 Å². The van der Waals surface area contributed by atoms with Crippen molar-refractivity contribution in [1.29, 1.82) is 0 Å². The molecule has 1 aliphatic rings. The highest BCUT2D eigenvalue weighted by molar-refractivity contribution is 7.89. The fraction of sp³-hybridized carbons (Fsp3) is 0.417. The second-order valence-electron chi connectivity index (χ2n) is 4.68. The Hall–Kier alpha value is -1.51. The highest BCUT2D eigenvalue weighted by Gasteiger charge is 2.33. The Morgan fingerprint density at radius 2 is 2.05 bits per heavy atom. The van der Waals surface area contributed by atoms with Gasteiger partial charge < -0.3 is 10.8 Å². The maximum absolute atomic E-state index is 14.2. The number of aliphatic hydroxyl groups is 1. The molecular formula is C12H15FN2O4S. The fourth-order valence-corrected chi connectivity index (χ4v) is 3.53. The minimum Gasteiger partial charge on any atom is -0.389 e. The molecule has 1 unspecified atom stereocenters. The first-order valence-electron chi connectivity index (χ1n) is 6.06. The molecule has 0 aliphatic carbocycles. The molecular weight excluding hydrogens is 287 g/mol. The minimum atomic E-state index is -4.01. The van der Waals surface area contributed by atoms with E-state index in [1.807, 2.05) is 0 Å². The first-order chi connectivity index (χ1) is 9.25. The lowest BCUT2D eigenvalue weighted by Crippen LogP contribution is -2.42. The van der Waals surface area contributed by atoms with Gasteiger partial charge in [-0.1, -0.05) is 0 Å². The molecule has 110 valence electrons. The lowest BCUT2D eigenvalue weighted by molar-refractivity contribution is 0.0995. The molecule has 6 nitrogen and oxygen atoms in total. The van der Waals surface area contributed by atoms with E-state index < -0.39 is 38.3 Å². The fourth-order valence-electron chi connectivity index (χ4n) is 1.89. The SMILES string of the molecule is CC(O)c1cc(C(N)=O)c(F)c(S(=O)(=O)N2CCC2)c1. The predicted molar refractivity (Wildman–Crippen MR) is 68.9 cm³/mol. The normalized spacial score (nSPS) is 17.6. The number of primary amides is 1. The first-order valence-corrected chi connectivity index (χ1v) is 7.50. The zero-order valence-electron chi connectivity index (χ0n) is 10.8. The van der Waals surface area contributed by atoms with Gasteiger partial charge in [-0.2, -0.15) is 4.31 Å². The number of aliphatic hydroxyl groups excluding tert-OH is 1. The second kappa shape index (κ2) is 5.12. The van der Waals surface area contributed by atoms with E-state index in [1.54, 1.807) is 0 Å². The quantitative estimate of drug-likeness (QED) is 0.839. The maximum atomic E-state index is 14.2. The molecule has 1 aliphatic heterocycles. The van der Waals surface area contributed by atoms with Crippen molar-refractivity contribution >= 4 is 15.9 Å². The molecule has 0 radical (unpaired) electrons. The van der Waals surface area contributed by atoms with Crippen molar-refractivity contribution in [3.63, 3.8) is 0 Å². The number of benzene rings is 1. The van der Waals surface area contributed by atoms with Crippen LogP contribution in [-0.4, -0.2) is 36.8 Å². The third-order valence-electron chi connectivity index (χ3n) is 3.24. The van der Waals surface area contributed by atoms with Crippen molar-refractivity contribution in [3.05, 3.63) is 29.1 Å². The van der Waals surface area contributed by atoms with E-state index in [0.717, 1.165) is 16.4 Å². The van der Waals surface area contributed by atoms with Crippen molar-refractivity contribution in [1.82, 2.24) is 4.31 Å². The number of sulfonamides is 1. The Kier molecular flexibility index (Phi) is 3.81. The van der Waals surface area contributed by atoms with E-state index >= 15 is 0 Å². The molecule has 20 heavy (non-hydrogen) atoms. The number of carbonyl (C=O) groups is 1. The van der Waals surface area contributed by atoms with E-state index in [2.05, 4.69) is 0 Å². The summed E-state index contributed by atoms with van der Waals surface area (Å²) in [6, 6.07) is 2.11. The van der Waals surface area contributed by atoms with Crippen molar-refractivity contribution in [2.75, 3.05) is 13.1 Å². The highest BCUT2D eigenvalue weighted by atomic mass is 32.2. The number of halogens is 1. The van der Waals surface area contributed by atoms with Crippen LogP contribution in [0, 0.1) is 5.82 Å². The van der Waals surface area contributed by atoms with Gasteiger partial charge in [-0.25, -0.2) is 12.8 Å². The molecule has 0 bridgehead atoms. The number of hydrogen-bond acceptors (Lipinski definition) is 4. The third kappa shape index (κ3) is 2.41. The standard InChI is InChI=1S/C12H15FN2O4S/c1-7(16)8-5-9(12(14)17)11(13)10(6-8)20(18,19)15-3-2-4-15/h5-7,16H,2-4H2,1H3,(H2,14,17). The van der Waals surface area contributed by atoms with Crippen LogP contribution in [0.2, 0.25) is 0 Å². The monoisotopic (exact) mass is 302 g/mol. The topological polar surface area (TPSA) is 101 Å². The number of hydrogen-bond donors (Lipinski definition) is 2. The third-order valence-corrected chi connectivity index (χ3v) is 5.14. The Morgan fingerprint density at radius 3 is 2.45 bits per heavy atom. The predicted octanol–water partition coefficient (Wildman–Crippen LogP) is 0.372. The van der Waals surface area contributed by atoms with Gasteiger partial charge in [-0.3, -0.25) is 4.79 Å². The van der Waals surface area contributed by atoms with Crippen molar-refractivity contribution < 1.29 is 22.7 Å². The second-order valence-corrected chi connectivity index (χ2v) is 6.58. The summed E-state index contributed by atoms with van der Waals surface area (Å²) in [6.45, 7) is 2.01. The van der Waals surface area contributed by atoms with Crippen LogP contribution in [0.4, 0.5) is 4.39 Å². The molecule has 1 aromatic rings. The van der Waals surface area contributed by atoms with Crippen LogP contribution in [0.5, 0.6) is 0 Å². The summed E-state index contributed by atoms with van der Waals surface area (Å²) in [5.74, 6) is -2.25. The summed E-state index contributed by atoms with van der Waals surface area (Å²) in [4.78, 5) is 10.6. The van der Waals surface area contributed by atoms with Gasteiger partial charge in [-0.15, -0.1) is 0 Å². The Morgan fingerprint density at radius 1 is 1.45 bits per heavy atom. The number of amides is 1. The Bertz CT molecular complexity index is 654. The molecule has 1 aromatic carbocycles. The molecule has 8 heteroatoms. The van der Waals surface area contributed by atoms with Gasteiger partial charge in [-0.05, 0) is 31.0 Å². The Labute approximate surface area is 116 Å². The average Bonchev–Trinajstić information content (AvgIpc) is 2.24. The summed E-state index contributed by atoms with van der Waals surface area (Å²) in [5.41, 5.74) is 4.63. The van der Waals surface area contributed by atoms with E-state index in [-0.39, 0.29) is 5.56 Å². The van der Waals surface area contributed by atoms with Crippen LogP contribution in [0.1, 0.15) is 35.4 Å². The molecule has 1 amide bonds. The summed E-state index contributed by atoms with van der Waals surface area (Å²) in [7, 11) is -4.01. The number of nitrogens with zero attached hydrogens (tertiary/aromatic N) is 1. The molecule has 2 rings (SSSR count). The van der Waals surface area contributed by atoms with Gasteiger partial charge in [0.15, 0.2) is 5.82 Å². The van der Waals surface area contributed by atoms with Gasteiger partial charge in [0.05, 0.1) is 11.7 Å². The lowest BCUT2D eigenvalue weighted by Gasteiger charge is -2.30. The van der Waals surface area contributed by atoms with Crippen LogP contribution in [0.25, 0.3) is 0 Å². The molecule has 0 spiro atoms. The number of rotatable bonds is 4. The largest absolute Gasteiger partial charge is 0.389 e. The van der Waals surface area contributed by atoms with Crippen LogP contribution in [0.15, 0.2) is 17.0 Å². The summed E-state index contributed by atoms with van der Waals surface area (Å²) < 4.78 is 39.8. The van der Waals surface area contributed by atoms with Gasteiger partial charge in [0.25, 0.3) is 5.91 Å². The van der Waals surface area contributed by atoms with E-state index in [1.165, 1.54) is 6.92 Å². The molecule has 1 heterocycles. The molecule has 1 atom stereocenters. The van der Waals surface area contributed by atoms with Crippen molar-refractivity contribution in [2.24, 2.45) is 5.73 Å². The zero-order chi connectivity index (χ0) is 15.1. The van der Waals surface area contributed by atoms with Crippen LogP contribution in [-0.2, 0) is 10.0 Å². The van der Waals surface area contributed by atoms with E-state index in [0.29, 0.717) is 19.5 Å². The van der Waals surface area contributed by atoms with Gasteiger partial charge in [0.2, 0.25) is 10.0 Å². The van der Waals surface area contributed by atoms with E-state index in [9.17, 15) is 22.7 Å².